The molecule has 1 aromatic carbocycles. The van der Waals surface area contributed by atoms with Crippen LogP contribution in [0.3, 0.4) is 0 Å². The minimum absolute atomic E-state index is 0.00830. The Morgan fingerprint density at radius 1 is 1.08 bits per heavy atom. The molecule has 2 fully saturated rings. The number of aromatic nitrogens is 5. The van der Waals surface area contributed by atoms with Gasteiger partial charge in [0.15, 0.2) is 0 Å². The Balaban J connectivity index is 1.59. The highest BCUT2D eigenvalue weighted by molar-refractivity contribution is 6.30. The van der Waals surface area contributed by atoms with Gasteiger partial charge in [-0.1, -0.05) is 11.6 Å². The van der Waals surface area contributed by atoms with Crippen LogP contribution in [-0.2, 0) is 4.74 Å². The molecule has 6 heterocycles. The van der Waals surface area contributed by atoms with E-state index in [1.54, 1.807) is 6.07 Å². The molecule has 5 aromatic rings. The number of pyridine rings is 2. The van der Waals surface area contributed by atoms with E-state index in [1.165, 1.54) is 52.7 Å². The first-order valence-electron chi connectivity index (χ1n) is 12.1. The maximum Gasteiger partial charge on any atom is 0.342 e. The molecule has 2 aliphatic rings. The summed E-state index contributed by atoms with van der Waals surface area (Å²) >= 11 is 6.10. The molecule has 0 aliphatic carbocycles. The first-order chi connectivity index (χ1) is 18.9. The Bertz CT molecular complexity index is 1920. The molecule has 0 spiro atoms. The van der Waals surface area contributed by atoms with Gasteiger partial charge in [0.25, 0.3) is 5.56 Å². The lowest BCUT2D eigenvalue weighted by molar-refractivity contribution is 0.00966. The normalized spacial score (nSPS) is 18.5. The number of anilines is 1. The van der Waals surface area contributed by atoms with E-state index >= 15 is 0 Å². The van der Waals surface area contributed by atoms with Crippen molar-refractivity contribution in [1.82, 2.24) is 23.5 Å². The zero-order chi connectivity index (χ0) is 27.0. The first-order valence-corrected chi connectivity index (χ1v) is 12.4. The first kappa shape index (κ1) is 23.8. The molecule has 0 radical (unpaired) electrons. The molecule has 0 amide bonds. The van der Waals surface area contributed by atoms with Gasteiger partial charge in [0.1, 0.15) is 34.3 Å². The molecule has 198 valence electrons. The maximum atomic E-state index is 14.1. The highest BCUT2D eigenvalue weighted by Gasteiger charge is 2.43. The predicted molar refractivity (Wildman–Crippen MR) is 139 cm³/mol. The number of benzene rings is 1. The molecule has 39 heavy (non-hydrogen) atoms. The van der Waals surface area contributed by atoms with Gasteiger partial charge in [0.05, 0.1) is 54.8 Å². The molecule has 10 nitrogen and oxygen atoms in total. The second-order valence-electron chi connectivity index (χ2n) is 9.42. The molecule has 0 saturated carbocycles. The number of methoxy groups -OCH3 is 1. The summed E-state index contributed by atoms with van der Waals surface area (Å²) in [5.74, 6) is -0.585. The number of morpholine rings is 1. The number of hydrogen-bond acceptors (Lipinski definition) is 7. The van der Waals surface area contributed by atoms with Crippen LogP contribution in [0, 0.1) is 11.6 Å². The Morgan fingerprint density at radius 2 is 1.87 bits per heavy atom. The summed E-state index contributed by atoms with van der Waals surface area (Å²) in [6.07, 6.45) is 3.60. The highest BCUT2D eigenvalue weighted by Crippen LogP contribution is 2.38. The van der Waals surface area contributed by atoms with Gasteiger partial charge >= 0.3 is 5.69 Å². The summed E-state index contributed by atoms with van der Waals surface area (Å²) in [5.41, 5.74) is -0.867. The molecule has 13 heteroatoms. The van der Waals surface area contributed by atoms with Crippen molar-refractivity contribution < 1.29 is 18.3 Å². The smallest absolute Gasteiger partial charge is 0.342 e. The van der Waals surface area contributed by atoms with Gasteiger partial charge < -0.3 is 14.4 Å². The number of halogens is 3. The molecule has 4 aromatic heterocycles. The van der Waals surface area contributed by atoms with E-state index in [1.807, 2.05) is 0 Å². The fourth-order valence-corrected chi connectivity index (χ4v) is 5.63. The van der Waals surface area contributed by atoms with Crippen LogP contribution in [0.1, 0.15) is 6.42 Å². The van der Waals surface area contributed by atoms with E-state index in [-0.39, 0.29) is 51.0 Å². The van der Waals surface area contributed by atoms with Gasteiger partial charge in [0, 0.05) is 18.3 Å². The van der Waals surface area contributed by atoms with Crippen molar-refractivity contribution >= 4 is 34.0 Å². The summed E-state index contributed by atoms with van der Waals surface area (Å²) in [5, 5.41) is -0.188. The van der Waals surface area contributed by atoms with Crippen LogP contribution in [0.5, 0.6) is 5.88 Å². The van der Waals surface area contributed by atoms with E-state index in [9.17, 15) is 18.4 Å². The minimum atomic E-state index is -0.771. The molecule has 2 saturated heterocycles. The fourth-order valence-electron chi connectivity index (χ4n) is 5.45. The maximum absolute atomic E-state index is 14.1. The third-order valence-corrected chi connectivity index (χ3v) is 7.54. The van der Waals surface area contributed by atoms with Crippen molar-refractivity contribution in [3.63, 3.8) is 0 Å². The monoisotopic (exact) mass is 552 g/mol. The number of imidazole rings is 1. The van der Waals surface area contributed by atoms with Crippen LogP contribution in [0.4, 0.5) is 14.6 Å². The topological polar surface area (TPSA) is 95.9 Å². The van der Waals surface area contributed by atoms with E-state index in [0.717, 1.165) is 17.1 Å². The van der Waals surface area contributed by atoms with Gasteiger partial charge in [-0.25, -0.2) is 23.1 Å². The average Bonchev–Trinajstić information content (AvgIpc) is 3.33. The highest BCUT2D eigenvalue weighted by atomic mass is 35.5. The molecule has 0 N–H and O–H groups in total. The predicted octanol–water partition coefficient (Wildman–Crippen LogP) is 3.10. The van der Waals surface area contributed by atoms with Crippen LogP contribution >= 0.6 is 11.6 Å². The number of hydrogen-bond donors (Lipinski definition) is 0. The molecule has 2 bridgehead atoms. The van der Waals surface area contributed by atoms with Gasteiger partial charge in [-0.15, -0.1) is 0 Å². The molecular formula is C26H19ClF2N6O4. The Morgan fingerprint density at radius 3 is 2.59 bits per heavy atom. The van der Waals surface area contributed by atoms with Crippen LogP contribution in [0.2, 0.25) is 5.02 Å². The second kappa shape index (κ2) is 8.61. The van der Waals surface area contributed by atoms with Crippen LogP contribution in [0.25, 0.3) is 28.1 Å². The Kier molecular flexibility index (Phi) is 5.26. The largest absolute Gasteiger partial charge is 0.480 e. The molecule has 2 aliphatic heterocycles. The second-order valence-corrected chi connectivity index (χ2v) is 9.83. The van der Waals surface area contributed by atoms with Gasteiger partial charge in [-0.2, -0.15) is 4.98 Å². The fraction of sp³-hybridized carbons (Fsp3) is 0.231. The van der Waals surface area contributed by atoms with E-state index in [0.29, 0.717) is 19.0 Å². The molecule has 0 unspecified atom stereocenters. The van der Waals surface area contributed by atoms with E-state index < -0.39 is 22.9 Å². The Hall–Kier alpha value is -4.29. The zero-order valence-electron chi connectivity index (χ0n) is 20.3. The summed E-state index contributed by atoms with van der Waals surface area (Å²) in [4.78, 5) is 39.0. The molecule has 2 atom stereocenters. The summed E-state index contributed by atoms with van der Waals surface area (Å²) in [6, 6.07) is 8.06. The number of rotatable bonds is 4. The zero-order valence-corrected chi connectivity index (χ0v) is 21.1. The van der Waals surface area contributed by atoms with Gasteiger partial charge in [-0.05, 0) is 30.7 Å². The lowest BCUT2D eigenvalue weighted by Crippen LogP contribution is -2.64. The van der Waals surface area contributed by atoms with Gasteiger partial charge in [0.2, 0.25) is 5.88 Å². The standard InChI is InChI=1S/C26H19ClF2N6O4/c1-38-24-23-19(9-21(31-24)33-15-7-16(33)12-39-11-15)34(14-2-3-18(29)17(27)8-14)26(37)35(25(23)36)22-10-30-20-6-13(28)4-5-32(20)22/h2-6,8-10,15-16H,7,11-12H2,1H3/t15-,16+. The van der Waals surface area contributed by atoms with Crippen molar-refractivity contribution in [2.75, 3.05) is 25.2 Å². The quantitative estimate of drug-likeness (QED) is 0.338. The number of fused-ring (bicyclic) bond motifs is 4. The lowest BCUT2D eigenvalue weighted by atomic mass is 9.91. The van der Waals surface area contributed by atoms with Crippen molar-refractivity contribution in [1.29, 1.82) is 0 Å². The minimum Gasteiger partial charge on any atom is -0.480 e. The SMILES string of the molecule is COc1nc(N2[C@@H]3COC[C@H]2C3)cc2c1c(=O)n(-c1cnc3cc(F)ccn13)c(=O)n2-c1ccc(F)c(Cl)c1. The van der Waals surface area contributed by atoms with Crippen LogP contribution in [-0.4, -0.2) is 55.9 Å². The van der Waals surface area contributed by atoms with Crippen LogP contribution < -0.4 is 20.9 Å². The van der Waals surface area contributed by atoms with Gasteiger partial charge in [-0.3, -0.25) is 13.8 Å². The Labute approximate surface area is 223 Å². The van der Waals surface area contributed by atoms with Crippen LogP contribution in [0.15, 0.2) is 58.4 Å². The van der Waals surface area contributed by atoms with Crippen molar-refractivity contribution in [2.45, 2.75) is 18.5 Å². The molecule has 7 rings (SSSR count). The van der Waals surface area contributed by atoms with Crippen molar-refractivity contribution in [2.24, 2.45) is 0 Å². The summed E-state index contributed by atoms with van der Waals surface area (Å²) < 4.78 is 42.7. The third kappa shape index (κ3) is 3.48. The lowest BCUT2D eigenvalue weighted by Gasteiger charge is -2.53. The van der Waals surface area contributed by atoms with Crippen molar-refractivity contribution in [3.05, 3.63) is 86.3 Å². The number of nitrogens with zero attached hydrogens (tertiary/aromatic N) is 6. The average molecular weight is 553 g/mol. The number of ether oxygens (including phenoxy) is 2. The summed E-state index contributed by atoms with van der Waals surface area (Å²) in [7, 11) is 1.39. The van der Waals surface area contributed by atoms with E-state index in [4.69, 9.17) is 21.1 Å². The molecular weight excluding hydrogens is 534 g/mol. The van der Waals surface area contributed by atoms with Crippen molar-refractivity contribution in [3.8, 4) is 17.4 Å². The third-order valence-electron chi connectivity index (χ3n) is 7.25. The summed E-state index contributed by atoms with van der Waals surface area (Å²) in [6.45, 7) is 1.07. The van der Waals surface area contributed by atoms with E-state index in [2.05, 4.69) is 14.9 Å².